The van der Waals surface area contributed by atoms with Gasteiger partial charge in [-0.1, -0.05) is 0 Å². The van der Waals surface area contributed by atoms with Gasteiger partial charge in [-0.15, -0.1) is 0 Å². The number of ether oxygens (including phenoxy) is 6. The summed E-state index contributed by atoms with van der Waals surface area (Å²) >= 11 is 0. The van der Waals surface area contributed by atoms with Gasteiger partial charge in [0.2, 0.25) is 6.29 Å². The third-order valence-electron chi connectivity index (χ3n) is 4.46. The SMILES string of the molecule is COc1ccc(C=NC2[C@@H](OC(C)=O)OC(COC(C)=O)[C@@H](OC(C)=O)[C@@H]2OC(C)=O)cc1. The summed E-state index contributed by atoms with van der Waals surface area (Å²) in [5.74, 6) is -2.00. The molecule has 0 N–H and O–H groups in total. The summed E-state index contributed by atoms with van der Waals surface area (Å²) in [5.41, 5.74) is 0.671. The van der Waals surface area contributed by atoms with Crippen LogP contribution in [0, 0.1) is 0 Å². The number of carbonyl (C=O) groups excluding carboxylic acids is 4. The quantitative estimate of drug-likeness (QED) is 0.313. The summed E-state index contributed by atoms with van der Waals surface area (Å²) in [6.07, 6.45) is -3.31. The zero-order valence-electron chi connectivity index (χ0n) is 19.0. The lowest BCUT2D eigenvalue weighted by Gasteiger charge is -2.42. The van der Waals surface area contributed by atoms with Crippen molar-refractivity contribution >= 4 is 30.1 Å². The Bertz CT molecular complexity index is 882. The normalized spacial score (nSPS) is 24.6. The fourth-order valence-corrected chi connectivity index (χ4v) is 3.17. The molecule has 1 aromatic carbocycles. The molecule has 0 aliphatic carbocycles. The van der Waals surface area contributed by atoms with Crippen molar-refractivity contribution < 1.29 is 47.6 Å². The number of benzene rings is 1. The van der Waals surface area contributed by atoms with Crippen LogP contribution >= 0.6 is 0 Å². The molecule has 0 spiro atoms. The minimum absolute atomic E-state index is 0.336. The Balaban J connectivity index is 2.45. The van der Waals surface area contributed by atoms with E-state index in [0.717, 1.165) is 0 Å². The van der Waals surface area contributed by atoms with Gasteiger partial charge < -0.3 is 28.4 Å². The van der Waals surface area contributed by atoms with Crippen LogP contribution in [0.1, 0.15) is 33.3 Å². The van der Waals surface area contributed by atoms with E-state index < -0.39 is 54.5 Å². The van der Waals surface area contributed by atoms with Crippen LogP contribution in [0.3, 0.4) is 0 Å². The smallest absolute Gasteiger partial charge is 0.305 e. The predicted octanol–water partition coefficient (Wildman–Crippen LogP) is 1.20. The highest BCUT2D eigenvalue weighted by atomic mass is 16.7. The standard InChI is InChI=1S/C22H27NO10/c1-12(24)29-11-18-20(30-13(2)25)21(31-14(3)26)19(22(33-18)32-15(4)27)23-10-16-6-8-17(28-5)9-7-16/h6-10,18-22H,11H2,1-5H3/t18?,19?,20-,21-,22+/m1/s1. The summed E-state index contributed by atoms with van der Waals surface area (Å²) in [6.45, 7) is 4.37. The van der Waals surface area contributed by atoms with Gasteiger partial charge in [0.15, 0.2) is 18.2 Å². The molecule has 0 bridgehead atoms. The third-order valence-corrected chi connectivity index (χ3v) is 4.46. The Morgan fingerprint density at radius 2 is 1.45 bits per heavy atom. The molecule has 2 rings (SSSR count). The van der Waals surface area contributed by atoms with Crippen molar-refractivity contribution in [1.82, 2.24) is 0 Å². The van der Waals surface area contributed by atoms with Gasteiger partial charge in [-0.05, 0) is 29.8 Å². The maximum atomic E-state index is 11.9. The molecule has 5 atom stereocenters. The van der Waals surface area contributed by atoms with E-state index in [4.69, 9.17) is 28.4 Å². The van der Waals surface area contributed by atoms with Gasteiger partial charge in [-0.25, -0.2) is 0 Å². The average molecular weight is 465 g/mol. The highest BCUT2D eigenvalue weighted by molar-refractivity contribution is 5.80. The lowest BCUT2D eigenvalue weighted by Crippen LogP contribution is -2.61. The molecule has 1 aliphatic rings. The van der Waals surface area contributed by atoms with E-state index in [9.17, 15) is 19.2 Å². The third kappa shape index (κ3) is 7.86. The van der Waals surface area contributed by atoms with Crippen molar-refractivity contribution in [3.8, 4) is 5.75 Å². The molecule has 0 saturated carbocycles. The number of esters is 4. The second kappa shape index (κ2) is 12.0. The van der Waals surface area contributed by atoms with E-state index in [0.29, 0.717) is 11.3 Å². The van der Waals surface area contributed by atoms with Gasteiger partial charge in [0.05, 0.1) is 7.11 Å². The molecule has 33 heavy (non-hydrogen) atoms. The van der Waals surface area contributed by atoms with Crippen molar-refractivity contribution in [2.24, 2.45) is 4.99 Å². The van der Waals surface area contributed by atoms with Gasteiger partial charge in [0, 0.05) is 33.9 Å². The van der Waals surface area contributed by atoms with Gasteiger partial charge in [0.25, 0.3) is 0 Å². The molecule has 0 aromatic heterocycles. The van der Waals surface area contributed by atoms with Crippen LogP contribution in [-0.2, 0) is 42.9 Å². The lowest BCUT2D eigenvalue weighted by atomic mass is 9.96. The molecule has 0 radical (unpaired) electrons. The molecule has 1 aromatic rings. The number of carbonyl (C=O) groups is 4. The summed E-state index contributed by atoms with van der Waals surface area (Å²) in [6, 6.07) is 5.84. The molecule has 1 heterocycles. The largest absolute Gasteiger partial charge is 0.497 e. The van der Waals surface area contributed by atoms with Crippen molar-refractivity contribution in [2.45, 2.75) is 58.3 Å². The fraction of sp³-hybridized carbons (Fsp3) is 0.500. The van der Waals surface area contributed by atoms with Crippen LogP contribution in [0.5, 0.6) is 5.75 Å². The van der Waals surface area contributed by atoms with E-state index in [1.54, 1.807) is 24.3 Å². The Morgan fingerprint density at radius 3 is 1.97 bits per heavy atom. The van der Waals surface area contributed by atoms with Crippen LogP contribution in [0.25, 0.3) is 0 Å². The first-order valence-corrected chi connectivity index (χ1v) is 10.1. The zero-order valence-corrected chi connectivity index (χ0v) is 19.0. The van der Waals surface area contributed by atoms with Gasteiger partial charge in [0.1, 0.15) is 18.5 Å². The number of aliphatic imine (C=N–C) groups is 1. The maximum absolute atomic E-state index is 11.9. The van der Waals surface area contributed by atoms with E-state index in [-0.39, 0.29) is 6.61 Å². The molecular weight excluding hydrogens is 438 g/mol. The number of hydrogen-bond donors (Lipinski definition) is 0. The van der Waals surface area contributed by atoms with Gasteiger partial charge >= 0.3 is 23.9 Å². The minimum Gasteiger partial charge on any atom is -0.497 e. The molecule has 2 unspecified atom stereocenters. The van der Waals surface area contributed by atoms with E-state index in [1.165, 1.54) is 41.0 Å². The zero-order chi connectivity index (χ0) is 24.5. The fourth-order valence-electron chi connectivity index (χ4n) is 3.17. The monoisotopic (exact) mass is 465 g/mol. The van der Waals surface area contributed by atoms with Gasteiger partial charge in [-0.3, -0.25) is 24.2 Å². The molecular formula is C22H27NO10. The van der Waals surface area contributed by atoms with Gasteiger partial charge in [-0.2, -0.15) is 0 Å². The van der Waals surface area contributed by atoms with Crippen molar-refractivity contribution in [3.05, 3.63) is 29.8 Å². The van der Waals surface area contributed by atoms with Crippen molar-refractivity contribution in [2.75, 3.05) is 13.7 Å². The first kappa shape index (κ1) is 25.8. The number of methoxy groups -OCH3 is 1. The molecule has 11 heteroatoms. The molecule has 0 amide bonds. The summed E-state index contributed by atoms with van der Waals surface area (Å²) in [4.78, 5) is 51.1. The maximum Gasteiger partial charge on any atom is 0.305 e. The second-order valence-corrected chi connectivity index (χ2v) is 7.14. The number of nitrogens with zero attached hydrogens (tertiary/aromatic N) is 1. The summed E-state index contributed by atoms with van der Waals surface area (Å²) < 4.78 is 32.0. The lowest BCUT2D eigenvalue weighted by molar-refractivity contribution is -0.266. The van der Waals surface area contributed by atoms with E-state index in [1.807, 2.05) is 0 Å². The molecule has 1 saturated heterocycles. The van der Waals surface area contributed by atoms with Crippen LogP contribution in [-0.4, -0.2) is 74.5 Å². The van der Waals surface area contributed by atoms with E-state index in [2.05, 4.69) is 4.99 Å². The first-order chi connectivity index (χ1) is 15.6. The summed E-state index contributed by atoms with van der Waals surface area (Å²) in [7, 11) is 1.54. The number of hydrogen-bond acceptors (Lipinski definition) is 11. The van der Waals surface area contributed by atoms with E-state index >= 15 is 0 Å². The molecule has 1 fully saturated rings. The molecule has 11 nitrogen and oxygen atoms in total. The summed E-state index contributed by atoms with van der Waals surface area (Å²) in [5, 5.41) is 0. The Morgan fingerprint density at radius 1 is 0.879 bits per heavy atom. The first-order valence-electron chi connectivity index (χ1n) is 10.1. The van der Waals surface area contributed by atoms with Crippen LogP contribution in [0.4, 0.5) is 0 Å². The Kier molecular flexibility index (Phi) is 9.34. The molecule has 180 valence electrons. The average Bonchev–Trinajstić information content (AvgIpc) is 2.73. The Hall–Kier alpha value is -3.47. The van der Waals surface area contributed by atoms with Crippen molar-refractivity contribution in [3.63, 3.8) is 0 Å². The Labute approximate surface area is 190 Å². The highest BCUT2D eigenvalue weighted by Crippen LogP contribution is 2.30. The predicted molar refractivity (Wildman–Crippen MR) is 113 cm³/mol. The molecule has 1 aliphatic heterocycles. The highest BCUT2D eigenvalue weighted by Gasteiger charge is 2.51. The van der Waals surface area contributed by atoms with Crippen LogP contribution in [0.15, 0.2) is 29.3 Å². The van der Waals surface area contributed by atoms with Crippen LogP contribution < -0.4 is 4.74 Å². The van der Waals surface area contributed by atoms with Crippen LogP contribution in [0.2, 0.25) is 0 Å². The topological polar surface area (TPSA) is 136 Å². The minimum atomic E-state index is -1.31. The van der Waals surface area contributed by atoms with Crippen molar-refractivity contribution in [1.29, 1.82) is 0 Å². The number of rotatable bonds is 8. The second-order valence-electron chi connectivity index (χ2n) is 7.14.